The Morgan fingerprint density at radius 2 is 2.04 bits per heavy atom. The predicted molar refractivity (Wildman–Crippen MR) is 106 cm³/mol. The van der Waals surface area contributed by atoms with Crippen molar-refractivity contribution in [1.82, 2.24) is 19.5 Å². The number of amides is 1. The van der Waals surface area contributed by atoms with Gasteiger partial charge in [-0.3, -0.25) is 14.1 Å². The van der Waals surface area contributed by atoms with Crippen LogP contribution >= 0.6 is 11.6 Å². The molecular weight excluding hydrogens is 381 g/mol. The van der Waals surface area contributed by atoms with Crippen molar-refractivity contribution in [3.63, 3.8) is 0 Å². The quantitative estimate of drug-likeness (QED) is 0.723. The average molecular weight is 402 g/mol. The highest BCUT2D eigenvalue weighted by molar-refractivity contribution is 6.31. The van der Waals surface area contributed by atoms with Crippen molar-refractivity contribution >= 4 is 28.8 Å². The number of aromatic nitrogens is 3. The van der Waals surface area contributed by atoms with Crippen LogP contribution in [-0.2, 0) is 4.79 Å². The molecule has 1 unspecified atom stereocenters. The van der Waals surface area contributed by atoms with Crippen molar-refractivity contribution < 1.29 is 9.18 Å². The van der Waals surface area contributed by atoms with Gasteiger partial charge in [0.25, 0.3) is 0 Å². The van der Waals surface area contributed by atoms with Crippen LogP contribution < -0.4 is 5.32 Å². The van der Waals surface area contributed by atoms with Gasteiger partial charge in [-0.2, -0.15) is 0 Å². The van der Waals surface area contributed by atoms with Crippen LogP contribution in [-0.4, -0.2) is 44.5 Å². The molecule has 0 spiro atoms. The highest BCUT2D eigenvalue weighted by Gasteiger charge is 2.29. The minimum absolute atomic E-state index is 0.00759. The second-order valence-corrected chi connectivity index (χ2v) is 7.50. The molecule has 0 aliphatic carbocycles. The Kier molecular flexibility index (Phi) is 5.28. The first-order valence-electron chi connectivity index (χ1n) is 9.32. The molecule has 28 heavy (non-hydrogen) atoms. The van der Waals surface area contributed by atoms with E-state index in [1.807, 2.05) is 35.7 Å². The number of carbonyl (C=O) groups excluding carboxylic acids is 1. The summed E-state index contributed by atoms with van der Waals surface area (Å²) in [6, 6.07) is 9.75. The molecule has 6 nitrogen and oxygen atoms in total. The van der Waals surface area contributed by atoms with Crippen LogP contribution in [0.1, 0.15) is 31.5 Å². The monoisotopic (exact) mass is 401 g/mol. The zero-order valence-corrected chi connectivity index (χ0v) is 16.2. The standard InChI is InChI=1S/C20H21ClFN5O/c1-13(20(28)23-15-5-6-17(22)16(21)12-15)26-10-7-14(8-11-26)19-25-24-18-4-2-3-9-27(18)19/h2-6,9,12-14H,7-8,10-11H2,1H3,(H,23,28). The molecule has 1 aliphatic rings. The number of nitrogens with one attached hydrogen (secondary N) is 1. The van der Waals surface area contributed by atoms with Crippen LogP contribution in [0.2, 0.25) is 5.02 Å². The number of piperidine rings is 1. The SMILES string of the molecule is CC(C(=O)Nc1ccc(F)c(Cl)c1)N1CCC(c2nnc3ccccn23)CC1. The van der Waals surface area contributed by atoms with E-state index >= 15 is 0 Å². The zero-order chi connectivity index (χ0) is 19.7. The molecule has 1 N–H and O–H groups in total. The van der Waals surface area contributed by atoms with Crippen LogP contribution in [0.4, 0.5) is 10.1 Å². The Balaban J connectivity index is 1.37. The number of fused-ring (bicyclic) bond motifs is 1. The maximum atomic E-state index is 13.3. The first kappa shape index (κ1) is 18.8. The summed E-state index contributed by atoms with van der Waals surface area (Å²) < 4.78 is 15.3. The molecule has 1 saturated heterocycles. The van der Waals surface area contributed by atoms with E-state index in [4.69, 9.17) is 11.6 Å². The Morgan fingerprint density at radius 3 is 2.79 bits per heavy atom. The summed E-state index contributed by atoms with van der Waals surface area (Å²) in [5.41, 5.74) is 1.35. The zero-order valence-electron chi connectivity index (χ0n) is 15.5. The van der Waals surface area contributed by atoms with Gasteiger partial charge in [0, 0.05) is 17.8 Å². The molecular formula is C20H21ClFN5O. The Labute approximate surface area is 167 Å². The lowest BCUT2D eigenvalue weighted by molar-refractivity contribution is -0.121. The van der Waals surface area contributed by atoms with E-state index in [2.05, 4.69) is 20.4 Å². The maximum absolute atomic E-state index is 13.3. The van der Waals surface area contributed by atoms with Crippen molar-refractivity contribution in [2.45, 2.75) is 31.7 Å². The number of halogens is 2. The number of likely N-dealkylation sites (tertiary alicyclic amines) is 1. The fraction of sp³-hybridized carbons (Fsp3) is 0.350. The van der Waals surface area contributed by atoms with E-state index in [1.54, 1.807) is 0 Å². The third-order valence-electron chi connectivity index (χ3n) is 5.35. The number of pyridine rings is 1. The topological polar surface area (TPSA) is 62.5 Å². The summed E-state index contributed by atoms with van der Waals surface area (Å²) in [4.78, 5) is 14.7. The number of anilines is 1. The van der Waals surface area contributed by atoms with Crippen LogP contribution in [0.3, 0.4) is 0 Å². The van der Waals surface area contributed by atoms with Crippen LogP contribution in [0.25, 0.3) is 5.65 Å². The number of benzene rings is 1. The van der Waals surface area contributed by atoms with Crippen molar-refractivity contribution in [3.8, 4) is 0 Å². The van der Waals surface area contributed by atoms with Gasteiger partial charge >= 0.3 is 0 Å². The highest BCUT2D eigenvalue weighted by atomic mass is 35.5. The molecule has 8 heteroatoms. The summed E-state index contributed by atoms with van der Waals surface area (Å²) in [7, 11) is 0. The van der Waals surface area contributed by atoms with Crippen LogP contribution in [0, 0.1) is 5.82 Å². The third-order valence-corrected chi connectivity index (χ3v) is 5.64. The van der Waals surface area contributed by atoms with Crippen LogP contribution in [0.15, 0.2) is 42.6 Å². The van der Waals surface area contributed by atoms with E-state index in [9.17, 15) is 9.18 Å². The molecule has 146 valence electrons. The van der Waals surface area contributed by atoms with E-state index in [1.165, 1.54) is 18.2 Å². The molecule has 1 amide bonds. The third kappa shape index (κ3) is 3.72. The maximum Gasteiger partial charge on any atom is 0.241 e. The van der Waals surface area contributed by atoms with Crippen molar-refractivity contribution in [2.75, 3.05) is 18.4 Å². The predicted octanol–water partition coefficient (Wildman–Crippen LogP) is 3.73. The summed E-state index contributed by atoms with van der Waals surface area (Å²) in [5.74, 6) is 0.665. The molecule has 0 saturated carbocycles. The number of rotatable bonds is 4. The lowest BCUT2D eigenvalue weighted by Gasteiger charge is -2.34. The van der Waals surface area contributed by atoms with Gasteiger partial charge in [0.2, 0.25) is 5.91 Å². The minimum Gasteiger partial charge on any atom is -0.325 e. The smallest absolute Gasteiger partial charge is 0.241 e. The van der Waals surface area contributed by atoms with Gasteiger partial charge in [0.05, 0.1) is 11.1 Å². The van der Waals surface area contributed by atoms with Crippen LogP contribution in [0.5, 0.6) is 0 Å². The van der Waals surface area contributed by atoms with Gasteiger partial charge in [0.1, 0.15) is 11.6 Å². The molecule has 1 fully saturated rings. The Hall–Kier alpha value is -2.51. The normalized spacial score (nSPS) is 17.0. The molecule has 1 aliphatic heterocycles. The van der Waals surface area contributed by atoms with Gasteiger partial charge in [-0.25, -0.2) is 4.39 Å². The molecule has 1 aromatic carbocycles. The van der Waals surface area contributed by atoms with E-state index in [0.29, 0.717) is 11.6 Å². The Morgan fingerprint density at radius 1 is 1.25 bits per heavy atom. The first-order valence-corrected chi connectivity index (χ1v) is 9.70. The molecule has 3 heterocycles. The molecule has 3 aromatic rings. The molecule has 4 rings (SSSR count). The first-order chi connectivity index (χ1) is 13.5. The van der Waals surface area contributed by atoms with Gasteiger partial charge in [-0.05, 0) is 63.2 Å². The van der Waals surface area contributed by atoms with E-state index < -0.39 is 5.82 Å². The van der Waals surface area contributed by atoms with Crippen molar-refractivity contribution in [3.05, 3.63) is 59.3 Å². The number of carbonyl (C=O) groups is 1. The summed E-state index contributed by atoms with van der Waals surface area (Å²) in [5, 5.41) is 11.4. The second-order valence-electron chi connectivity index (χ2n) is 7.09. The van der Waals surface area contributed by atoms with Crippen molar-refractivity contribution in [2.24, 2.45) is 0 Å². The summed E-state index contributed by atoms with van der Waals surface area (Å²) >= 11 is 5.78. The number of hydrogen-bond donors (Lipinski definition) is 1. The second kappa shape index (κ2) is 7.85. The highest BCUT2D eigenvalue weighted by Crippen LogP contribution is 2.28. The molecule has 0 radical (unpaired) electrons. The van der Waals surface area contributed by atoms with E-state index in [0.717, 1.165) is 37.4 Å². The lowest BCUT2D eigenvalue weighted by Crippen LogP contribution is -2.45. The number of hydrogen-bond acceptors (Lipinski definition) is 4. The minimum atomic E-state index is -0.504. The molecule has 0 bridgehead atoms. The van der Waals surface area contributed by atoms with Gasteiger partial charge in [-0.15, -0.1) is 10.2 Å². The van der Waals surface area contributed by atoms with Gasteiger partial charge in [0.15, 0.2) is 5.65 Å². The lowest BCUT2D eigenvalue weighted by atomic mass is 9.95. The van der Waals surface area contributed by atoms with Gasteiger partial charge < -0.3 is 5.32 Å². The summed E-state index contributed by atoms with van der Waals surface area (Å²) in [6.07, 6.45) is 3.81. The van der Waals surface area contributed by atoms with Crippen molar-refractivity contribution in [1.29, 1.82) is 0 Å². The van der Waals surface area contributed by atoms with Gasteiger partial charge in [-0.1, -0.05) is 17.7 Å². The molecule has 2 aromatic heterocycles. The largest absolute Gasteiger partial charge is 0.325 e. The summed E-state index contributed by atoms with van der Waals surface area (Å²) in [6.45, 7) is 3.48. The average Bonchev–Trinajstić information content (AvgIpc) is 3.14. The number of nitrogens with zero attached hydrogens (tertiary/aromatic N) is 4. The fourth-order valence-corrected chi connectivity index (χ4v) is 3.85. The molecule has 1 atom stereocenters. The van der Waals surface area contributed by atoms with E-state index in [-0.39, 0.29) is 17.0 Å². The Bertz CT molecular complexity index is 999. The fourth-order valence-electron chi connectivity index (χ4n) is 3.67.